The molecule has 1 aliphatic rings. The van der Waals surface area contributed by atoms with E-state index in [1.165, 1.54) is 0 Å². The first-order valence-corrected chi connectivity index (χ1v) is 6.86. The second kappa shape index (κ2) is 5.30. The van der Waals surface area contributed by atoms with Crippen molar-refractivity contribution < 1.29 is 4.74 Å². The minimum absolute atomic E-state index is 0.352. The smallest absolute Gasteiger partial charge is 0.0666 e. The minimum atomic E-state index is 0.352. The van der Waals surface area contributed by atoms with E-state index in [1.54, 1.807) is 0 Å². The SMILES string of the molecule is CC1OCCC1SCc1cc(Cl)ccc1N. The number of nitrogen functional groups attached to an aromatic ring is 1. The van der Waals surface area contributed by atoms with Crippen molar-refractivity contribution in [2.24, 2.45) is 0 Å². The van der Waals surface area contributed by atoms with Crippen LogP contribution in [0.5, 0.6) is 0 Å². The molecule has 1 aliphatic heterocycles. The topological polar surface area (TPSA) is 35.2 Å². The average molecular weight is 258 g/mol. The summed E-state index contributed by atoms with van der Waals surface area (Å²) in [4.78, 5) is 0. The lowest BCUT2D eigenvalue weighted by atomic mass is 10.2. The van der Waals surface area contributed by atoms with Crippen LogP contribution in [0.3, 0.4) is 0 Å². The Morgan fingerprint density at radius 2 is 2.38 bits per heavy atom. The van der Waals surface area contributed by atoms with Crippen LogP contribution in [-0.2, 0) is 10.5 Å². The average Bonchev–Trinajstić information content (AvgIpc) is 2.66. The van der Waals surface area contributed by atoms with Crippen molar-refractivity contribution in [2.45, 2.75) is 30.5 Å². The zero-order valence-corrected chi connectivity index (χ0v) is 10.9. The molecule has 2 atom stereocenters. The normalized spacial score (nSPS) is 24.9. The van der Waals surface area contributed by atoms with Crippen LogP contribution in [0.15, 0.2) is 18.2 Å². The van der Waals surface area contributed by atoms with Crippen LogP contribution >= 0.6 is 23.4 Å². The quantitative estimate of drug-likeness (QED) is 0.844. The molecular formula is C12H16ClNOS. The molecule has 0 aliphatic carbocycles. The first-order chi connectivity index (χ1) is 7.66. The molecule has 1 aromatic rings. The van der Waals surface area contributed by atoms with Gasteiger partial charge in [0, 0.05) is 28.3 Å². The zero-order chi connectivity index (χ0) is 11.5. The molecule has 1 fully saturated rings. The molecule has 1 aromatic carbocycles. The number of halogens is 1. The molecule has 2 unspecified atom stereocenters. The summed E-state index contributed by atoms with van der Waals surface area (Å²) < 4.78 is 5.53. The van der Waals surface area contributed by atoms with Gasteiger partial charge in [-0.2, -0.15) is 11.8 Å². The number of thioether (sulfide) groups is 1. The third-order valence-electron chi connectivity index (χ3n) is 2.86. The Labute approximate surface area is 105 Å². The second-order valence-corrected chi connectivity index (χ2v) is 5.72. The van der Waals surface area contributed by atoms with E-state index in [0.29, 0.717) is 11.4 Å². The fraction of sp³-hybridized carbons (Fsp3) is 0.500. The summed E-state index contributed by atoms with van der Waals surface area (Å²) in [6, 6.07) is 5.64. The summed E-state index contributed by atoms with van der Waals surface area (Å²) in [6.07, 6.45) is 1.48. The van der Waals surface area contributed by atoms with Gasteiger partial charge < -0.3 is 10.5 Å². The van der Waals surface area contributed by atoms with Crippen LogP contribution in [-0.4, -0.2) is 18.0 Å². The lowest BCUT2D eigenvalue weighted by Crippen LogP contribution is -2.13. The first-order valence-electron chi connectivity index (χ1n) is 5.44. The van der Waals surface area contributed by atoms with E-state index in [2.05, 4.69) is 6.92 Å². The monoisotopic (exact) mass is 257 g/mol. The van der Waals surface area contributed by atoms with Gasteiger partial charge in [0.25, 0.3) is 0 Å². The molecule has 2 N–H and O–H groups in total. The second-order valence-electron chi connectivity index (χ2n) is 4.06. The highest BCUT2D eigenvalue weighted by Crippen LogP contribution is 2.31. The number of hydrogen-bond donors (Lipinski definition) is 1. The predicted molar refractivity (Wildman–Crippen MR) is 71.0 cm³/mol. The van der Waals surface area contributed by atoms with E-state index in [9.17, 15) is 0 Å². The van der Waals surface area contributed by atoms with E-state index in [-0.39, 0.29) is 0 Å². The first kappa shape index (κ1) is 12.1. The molecule has 0 spiro atoms. The van der Waals surface area contributed by atoms with Crippen molar-refractivity contribution in [3.8, 4) is 0 Å². The van der Waals surface area contributed by atoms with Gasteiger partial charge in [-0.25, -0.2) is 0 Å². The largest absolute Gasteiger partial charge is 0.398 e. The Balaban J connectivity index is 1.96. The molecule has 88 valence electrons. The van der Waals surface area contributed by atoms with Gasteiger partial charge in [0.15, 0.2) is 0 Å². The van der Waals surface area contributed by atoms with E-state index in [0.717, 1.165) is 35.1 Å². The van der Waals surface area contributed by atoms with E-state index in [4.69, 9.17) is 22.1 Å². The van der Waals surface area contributed by atoms with Gasteiger partial charge in [-0.05, 0) is 37.1 Å². The Hall–Kier alpha value is -0.380. The summed E-state index contributed by atoms with van der Waals surface area (Å²) >= 11 is 7.86. The maximum absolute atomic E-state index is 5.95. The number of nitrogens with two attached hydrogens (primary N) is 1. The van der Waals surface area contributed by atoms with Crippen LogP contribution in [0.1, 0.15) is 18.9 Å². The lowest BCUT2D eigenvalue weighted by Gasteiger charge is -2.14. The summed E-state index contributed by atoms with van der Waals surface area (Å²) in [5.41, 5.74) is 7.85. The highest BCUT2D eigenvalue weighted by molar-refractivity contribution is 7.99. The van der Waals surface area contributed by atoms with E-state index in [1.807, 2.05) is 30.0 Å². The molecule has 1 saturated heterocycles. The third-order valence-corrected chi connectivity index (χ3v) is 4.62. The number of anilines is 1. The summed E-state index contributed by atoms with van der Waals surface area (Å²) in [5.74, 6) is 0.908. The Kier molecular flexibility index (Phi) is 4.00. The molecule has 2 rings (SSSR count). The molecular weight excluding hydrogens is 242 g/mol. The van der Waals surface area contributed by atoms with Crippen molar-refractivity contribution in [1.82, 2.24) is 0 Å². The van der Waals surface area contributed by atoms with Gasteiger partial charge in [-0.1, -0.05) is 11.6 Å². The standard InChI is InChI=1S/C12H16ClNOS/c1-8-12(4-5-15-8)16-7-9-6-10(13)2-3-11(9)14/h2-3,6,8,12H,4-5,7,14H2,1H3. The number of benzene rings is 1. The summed E-state index contributed by atoms with van der Waals surface area (Å²) in [7, 11) is 0. The minimum Gasteiger partial charge on any atom is -0.398 e. The maximum atomic E-state index is 5.95. The molecule has 1 heterocycles. The Bertz CT molecular complexity index is 372. The van der Waals surface area contributed by atoms with Gasteiger partial charge >= 0.3 is 0 Å². The maximum Gasteiger partial charge on any atom is 0.0666 e. The molecule has 0 amide bonds. The molecule has 4 heteroatoms. The molecule has 0 bridgehead atoms. The van der Waals surface area contributed by atoms with E-state index >= 15 is 0 Å². The van der Waals surface area contributed by atoms with Gasteiger partial charge in [-0.15, -0.1) is 0 Å². The van der Waals surface area contributed by atoms with Crippen molar-refractivity contribution in [2.75, 3.05) is 12.3 Å². The lowest BCUT2D eigenvalue weighted by molar-refractivity contribution is 0.127. The van der Waals surface area contributed by atoms with Gasteiger partial charge in [0.2, 0.25) is 0 Å². The summed E-state index contributed by atoms with van der Waals surface area (Å²) in [5, 5.41) is 1.33. The fourth-order valence-electron chi connectivity index (χ4n) is 1.83. The molecule has 2 nitrogen and oxygen atoms in total. The Morgan fingerprint density at radius 3 is 3.06 bits per heavy atom. The third kappa shape index (κ3) is 2.84. The van der Waals surface area contributed by atoms with Gasteiger partial charge in [0.1, 0.15) is 0 Å². The molecule has 0 saturated carbocycles. The van der Waals surface area contributed by atoms with Crippen LogP contribution in [0, 0.1) is 0 Å². The Morgan fingerprint density at radius 1 is 1.56 bits per heavy atom. The zero-order valence-electron chi connectivity index (χ0n) is 9.28. The van der Waals surface area contributed by atoms with Crippen molar-refractivity contribution in [1.29, 1.82) is 0 Å². The molecule has 16 heavy (non-hydrogen) atoms. The van der Waals surface area contributed by atoms with Crippen molar-refractivity contribution in [3.63, 3.8) is 0 Å². The van der Waals surface area contributed by atoms with Crippen molar-refractivity contribution in [3.05, 3.63) is 28.8 Å². The van der Waals surface area contributed by atoms with Crippen LogP contribution < -0.4 is 5.73 Å². The van der Waals surface area contributed by atoms with Crippen LogP contribution in [0.4, 0.5) is 5.69 Å². The van der Waals surface area contributed by atoms with Crippen LogP contribution in [0.2, 0.25) is 5.02 Å². The number of ether oxygens (including phenoxy) is 1. The summed E-state index contributed by atoms with van der Waals surface area (Å²) in [6.45, 7) is 3.01. The highest BCUT2D eigenvalue weighted by atomic mass is 35.5. The highest BCUT2D eigenvalue weighted by Gasteiger charge is 2.24. The van der Waals surface area contributed by atoms with E-state index < -0.39 is 0 Å². The predicted octanol–water partition coefficient (Wildman–Crippen LogP) is 3.33. The van der Waals surface area contributed by atoms with Crippen molar-refractivity contribution >= 4 is 29.1 Å². The van der Waals surface area contributed by atoms with Gasteiger partial charge in [0.05, 0.1) is 6.10 Å². The fourth-order valence-corrected chi connectivity index (χ4v) is 3.28. The van der Waals surface area contributed by atoms with Gasteiger partial charge in [-0.3, -0.25) is 0 Å². The number of rotatable bonds is 3. The van der Waals surface area contributed by atoms with Crippen LogP contribution in [0.25, 0.3) is 0 Å². The number of hydrogen-bond acceptors (Lipinski definition) is 3. The molecule has 0 aromatic heterocycles. The molecule has 0 radical (unpaired) electrons.